The van der Waals surface area contributed by atoms with Crippen molar-refractivity contribution >= 4 is 34.5 Å². The third-order valence-corrected chi connectivity index (χ3v) is 6.64. The standard InChI is InChI=1S/C23H24N2O3S/c26-22(16-9-3-1-4-10-16)24-25-23(27)21-19(15-29-17-11-5-2-6-12-17)18-13-7-8-14-20(18)28-21/h1,3-4,7-10,13-14,17H,2,5-6,11-12,15H2,(H,24,26)(H,25,27). The Hall–Kier alpha value is -2.73. The van der Waals surface area contributed by atoms with Crippen molar-refractivity contribution in [2.45, 2.75) is 43.1 Å². The maximum Gasteiger partial charge on any atom is 0.305 e. The molecule has 29 heavy (non-hydrogen) atoms. The zero-order valence-corrected chi connectivity index (χ0v) is 17.0. The Balaban J connectivity index is 1.49. The molecule has 6 heteroatoms. The van der Waals surface area contributed by atoms with Gasteiger partial charge in [-0.15, -0.1) is 0 Å². The van der Waals surface area contributed by atoms with Crippen molar-refractivity contribution < 1.29 is 14.0 Å². The summed E-state index contributed by atoms with van der Waals surface area (Å²) in [5.74, 6) is 0.178. The van der Waals surface area contributed by atoms with Crippen LogP contribution >= 0.6 is 11.8 Å². The minimum Gasteiger partial charge on any atom is -0.451 e. The summed E-state index contributed by atoms with van der Waals surface area (Å²) in [7, 11) is 0. The number of nitrogens with one attached hydrogen (secondary N) is 2. The highest BCUT2D eigenvalue weighted by Crippen LogP contribution is 2.34. The molecule has 150 valence electrons. The van der Waals surface area contributed by atoms with Crippen LogP contribution in [0.3, 0.4) is 0 Å². The molecular formula is C23H24N2O3S. The molecule has 0 bridgehead atoms. The van der Waals surface area contributed by atoms with Crippen LogP contribution < -0.4 is 10.9 Å². The van der Waals surface area contributed by atoms with E-state index in [0.29, 0.717) is 16.4 Å². The van der Waals surface area contributed by atoms with Crippen LogP contribution in [0.15, 0.2) is 59.0 Å². The molecule has 5 nitrogen and oxygen atoms in total. The van der Waals surface area contributed by atoms with Crippen molar-refractivity contribution in [3.05, 3.63) is 71.5 Å². The third kappa shape index (κ3) is 4.65. The molecule has 2 aromatic carbocycles. The highest BCUT2D eigenvalue weighted by Gasteiger charge is 2.23. The Morgan fingerprint density at radius 3 is 2.38 bits per heavy atom. The van der Waals surface area contributed by atoms with Gasteiger partial charge in [0.25, 0.3) is 5.91 Å². The number of carbonyl (C=O) groups excluding carboxylic acids is 2. The number of rotatable bonds is 5. The van der Waals surface area contributed by atoms with E-state index in [0.717, 1.165) is 16.7 Å². The lowest BCUT2D eigenvalue weighted by molar-refractivity contribution is 0.0831. The van der Waals surface area contributed by atoms with E-state index in [9.17, 15) is 9.59 Å². The van der Waals surface area contributed by atoms with Crippen LogP contribution in [0.25, 0.3) is 11.0 Å². The van der Waals surface area contributed by atoms with Gasteiger partial charge in [-0.2, -0.15) is 11.8 Å². The molecular weight excluding hydrogens is 384 g/mol. The van der Waals surface area contributed by atoms with Crippen molar-refractivity contribution in [2.24, 2.45) is 0 Å². The number of hydrogen-bond acceptors (Lipinski definition) is 4. The molecule has 1 aromatic heterocycles. The Bertz CT molecular complexity index is 994. The Morgan fingerprint density at radius 1 is 0.897 bits per heavy atom. The summed E-state index contributed by atoms with van der Waals surface area (Å²) in [4.78, 5) is 25.0. The number of thioether (sulfide) groups is 1. The highest BCUT2D eigenvalue weighted by molar-refractivity contribution is 7.99. The van der Waals surface area contributed by atoms with Gasteiger partial charge in [-0.05, 0) is 31.0 Å². The fraction of sp³-hybridized carbons (Fsp3) is 0.304. The van der Waals surface area contributed by atoms with Crippen molar-refractivity contribution in [3.63, 3.8) is 0 Å². The molecule has 0 saturated heterocycles. The zero-order chi connectivity index (χ0) is 20.1. The number of carbonyl (C=O) groups is 2. The Kier molecular flexibility index (Phi) is 6.20. The van der Waals surface area contributed by atoms with Gasteiger partial charge in [-0.1, -0.05) is 55.7 Å². The topological polar surface area (TPSA) is 71.3 Å². The van der Waals surface area contributed by atoms with Crippen LogP contribution in [0.2, 0.25) is 0 Å². The second kappa shape index (κ2) is 9.18. The maximum atomic E-state index is 12.8. The molecule has 4 rings (SSSR count). The van der Waals surface area contributed by atoms with Gasteiger partial charge in [-0.3, -0.25) is 20.4 Å². The fourth-order valence-corrected chi connectivity index (χ4v) is 5.05. The molecule has 0 unspecified atom stereocenters. The minimum absolute atomic E-state index is 0.267. The van der Waals surface area contributed by atoms with Crippen LogP contribution in [-0.2, 0) is 5.75 Å². The normalized spacial score (nSPS) is 14.6. The molecule has 1 heterocycles. The van der Waals surface area contributed by atoms with E-state index in [-0.39, 0.29) is 11.7 Å². The molecule has 0 spiro atoms. The summed E-state index contributed by atoms with van der Waals surface area (Å²) >= 11 is 1.90. The monoisotopic (exact) mass is 408 g/mol. The average molecular weight is 409 g/mol. The van der Waals surface area contributed by atoms with Gasteiger partial charge in [0, 0.05) is 27.5 Å². The SMILES string of the molecule is O=C(NNC(=O)c1oc2ccccc2c1CSC1CCCCC1)c1ccccc1. The predicted octanol–water partition coefficient (Wildman–Crippen LogP) is 5.07. The molecule has 0 aliphatic heterocycles. The molecule has 1 saturated carbocycles. The van der Waals surface area contributed by atoms with E-state index in [1.807, 2.05) is 42.1 Å². The van der Waals surface area contributed by atoms with Gasteiger partial charge < -0.3 is 4.42 Å². The number of furan rings is 1. The minimum atomic E-state index is -0.440. The Labute approximate surface area is 174 Å². The largest absolute Gasteiger partial charge is 0.451 e. The van der Waals surface area contributed by atoms with Gasteiger partial charge >= 0.3 is 5.91 Å². The smallest absolute Gasteiger partial charge is 0.305 e. The van der Waals surface area contributed by atoms with E-state index in [2.05, 4.69) is 10.9 Å². The number of fused-ring (bicyclic) bond motifs is 1. The van der Waals surface area contributed by atoms with E-state index in [1.165, 1.54) is 32.1 Å². The summed E-state index contributed by atoms with van der Waals surface area (Å²) in [6, 6.07) is 16.4. The number of para-hydroxylation sites is 1. The van der Waals surface area contributed by atoms with Crippen molar-refractivity contribution in [1.29, 1.82) is 0 Å². The highest BCUT2D eigenvalue weighted by atomic mass is 32.2. The van der Waals surface area contributed by atoms with Gasteiger partial charge in [0.15, 0.2) is 5.76 Å². The molecule has 0 atom stereocenters. The summed E-state index contributed by atoms with van der Waals surface area (Å²) in [5.41, 5.74) is 7.02. The van der Waals surface area contributed by atoms with Crippen molar-refractivity contribution in [2.75, 3.05) is 0 Å². The maximum absolute atomic E-state index is 12.8. The molecule has 3 aromatic rings. The van der Waals surface area contributed by atoms with Crippen LogP contribution in [-0.4, -0.2) is 17.1 Å². The second-order valence-corrected chi connectivity index (χ2v) is 8.54. The van der Waals surface area contributed by atoms with Gasteiger partial charge in [0.2, 0.25) is 0 Å². The predicted molar refractivity (Wildman–Crippen MR) is 116 cm³/mol. The van der Waals surface area contributed by atoms with Crippen molar-refractivity contribution in [1.82, 2.24) is 10.9 Å². The molecule has 2 amide bonds. The molecule has 2 N–H and O–H groups in total. The lowest BCUT2D eigenvalue weighted by atomic mass is 10.0. The van der Waals surface area contributed by atoms with Crippen LogP contribution in [0.5, 0.6) is 0 Å². The zero-order valence-electron chi connectivity index (χ0n) is 16.1. The molecule has 1 aliphatic rings. The van der Waals surface area contributed by atoms with Crippen LogP contribution in [0.1, 0.15) is 58.6 Å². The number of benzene rings is 2. The fourth-order valence-electron chi connectivity index (χ4n) is 3.69. The molecule has 1 fully saturated rings. The number of amides is 2. The molecule has 0 radical (unpaired) electrons. The summed E-state index contributed by atoms with van der Waals surface area (Å²) < 4.78 is 5.86. The average Bonchev–Trinajstić information content (AvgIpc) is 3.16. The van der Waals surface area contributed by atoms with Gasteiger partial charge in [-0.25, -0.2) is 0 Å². The van der Waals surface area contributed by atoms with Gasteiger partial charge in [0.1, 0.15) is 5.58 Å². The summed E-state index contributed by atoms with van der Waals surface area (Å²) in [5, 5.41) is 1.58. The first-order valence-corrected chi connectivity index (χ1v) is 11.0. The number of hydrazine groups is 1. The third-order valence-electron chi connectivity index (χ3n) is 5.25. The van der Waals surface area contributed by atoms with Crippen LogP contribution in [0, 0.1) is 0 Å². The first-order chi connectivity index (χ1) is 14.2. The first-order valence-electron chi connectivity index (χ1n) is 10.00. The summed E-state index contributed by atoms with van der Waals surface area (Å²) in [6.45, 7) is 0. The number of hydrogen-bond donors (Lipinski definition) is 2. The second-order valence-electron chi connectivity index (χ2n) is 7.25. The lowest BCUT2D eigenvalue weighted by Gasteiger charge is -2.20. The van der Waals surface area contributed by atoms with E-state index in [1.54, 1.807) is 24.3 Å². The van der Waals surface area contributed by atoms with Gasteiger partial charge in [0.05, 0.1) is 0 Å². The van der Waals surface area contributed by atoms with E-state index < -0.39 is 5.91 Å². The first kappa shape index (κ1) is 19.6. The Morgan fingerprint density at radius 2 is 1.59 bits per heavy atom. The quantitative estimate of drug-likeness (QED) is 0.578. The van der Waals surface area contributed by atoms with Crippen molar-refractivity contribution in [3.8, 4) is 0 Å². The lowest BCUT2D eigenvalue weighted by Crippen LogP contribution is -2.41. The van der Waals surface area contributed by atoms with Crippen LogP contribution in [0.4, 0.5) is 0 Å². The van der Waals surface area contributed by atoms with E-state index in [4.69, 9.17) is 4.42 Å². The summed E-state index contributed by atoms with van der Waals surface area (Å²) in [6.07, 6.45) is 6.34. The molecule has 1 aliphatic carbocycles. The van der Waals surface area contributed by atoms with E-state index >= 15 is 0 Å².